The van der Waals surface area contributed by atoms with Crippen LogP contribution in [0.15, 0.2) is 64.2 Å². The molecule has 0 radical (unpaired) electrons. The summed E-state index contributed by atoms with van der Waals surface area (Å²) in [4.78, 5) is 28.0. The van der Waals surface area contributed by atoms with E-state index in [1.807, 2.05) is 24.3 Å². The number of nitrogens with two attached hydrogens (primary N) is 1. The predicted molar refractivity (Wildman–Crippen MR) is 140 cm³/mol. The number of aliphatic hydroxyl groups is 1. The van der Waals surface area contributed by atoms with E-state index in [4.69, 9.17) is 10.6 Å². The van der Waals surface area contributed by atoms with Crippen LogP contribution in [0.2, 0.25) is 0 Å². The van der Waals surface area contributed by atoms with Gasteiger partial charge in [0.2, 0.25) is 0 Å². The zero-order valence-electron chi connectivity index (χ0n) is 19.1. The van der Waals surface area contributed by atoms with Crippen LogP contribution in [0.3, 0.4) is 0 Å². The van der Waals surface area contributed by atoms with Crippen LogP contribution in [0.4, 0.5) is 0 Å². The van der Waals surface area contributed by atoms with Crippen molar-refractivity contribution >= 4 is 51.2 Å². The first-order valence-electron chi connectivity index (χ1n) is 10.5. The number of hydrogen-bond acceptors (Lipinski definition) is 7. The zero-order chi connectivity index (χ0) is 24.3. The van der Waals surface area contributed by atoms with Crippen LogP contribution in [-0.2, 0) is 19.7 Å². The summed E-state index contributed by atoms with van der Waals surface area (Å²) in [5.41, 5.74) is 2.31. The number of hydrogen-bond donors (Lipinski definition) is 2. The normalized spacial score (nSPS) is 19.5. The number of amides is 1. The Balaban J connectivity index is 2.11. The van der Waals surface area contributed by atoms with Gasteiger partial charge in [0.1, 0.15) is 0 Å². The first-order valence-corrected chi connectivity index (χ1v) is 13.0. The van der Waals surface area contributed by atoms with Crippen LogP contribution in [0, 0.1) is 0 Å². The van der Waals surface area contributed by atoms with E-state index in [9.17, 15) is 14.7 Å². The third-order valence-corrected chi connectivity index (χ3v) is 7.31. The monoisotopic (exact) mass is 581 g/mol. The first-order chi connectivity index (χ1) is 15.6. The van der Waals surface area contributed by atoms with Crippen molar-refractivity contribution < 1.29 is 19.4 Å². The van der Waals surface area contributed by atoms with Gasteiger partial charge in [0, 0.05) is 12.0 Å². The molecule has 0 saturated carbocycles. The average Bonchev–Trinajstić information content (AvgIpc) is 3.07. The molecule has 3 N–H and O–H groups in total. The van der Waals surface area contributed by atoms with Crippen molar-refractivity contribution in [1.29, 1.82) is 0 Å². The van der Waals surface area contributed by atoms with Gasteiger partial charge in [-0.15, -0.1) is 0 Å². The number of methoxy groups -OCH3 is 1. The molecule has 7 nitrogen and oxygen atoms in total. The van der Waals surface area contributed by atoms with Gasteiger partial charge in [0.05, 0.1) is 28.2 Å². The lowest BCUT2D eigenvalue weighted by Crippen LogP contribution is -2.36. The number of benzene rings is 1. The number of ether oxygens (including phenoxy) is 1. The maximum Gasteiger partial charge on any atom is 0.296 e. The number of amidine groups is 1. The molecule has 1 heterocycles. The molecular formula is C24H28IN3O4S. The first kappa shape index (κ1) is 25.4. The van der Waals surface area contributed by atoms with Gasteiger partial charge in [0.15, 0.2) is 16.7 Å². The summed E-state index contributed by atoms with van der Waals surface area (Å²) in [5.74, 6) is 4.77. The molecule has 1 unspecified atom stereocenters. The Hall–Kier alpha value is -2.27. The number of Topliss-reactive ketones (excluding diaryl/α,β-unsaturated/α-hetero) is 1. The molecule has 0 spiro atoms. The highest BCUT2D eigenvalue weighted by Gasteiger charge is 2.46. The molecular weight excluding hydrogens is 553 g/mol. The highest BCUT2D eigenvalue weighted by atomic mass is 127. The fourth-order valence-electron chi connectivity index (χ4n) is 3.88. The fraction of sp³-hybridized carbons (Fsp3) is 0.375. The summed E-state index contributed by atoms with van der Waals surface area (Å²) in [6.07, 6.45) is 4.47. The molecule has 1 aliphatic carbocycles. The van der Waals surface area contributed by atoms with Crippen LogP contribution < -0.4 is 5.84 Å². The zero-order valence-corrected chi connectivity index (χ0v) is 22.1. The van der Waals surface area contributed by atoms with Crippen molar-refractivity contribution in [2.75, 3.05) is 10.9 Å². The number of carbonyl (C=O) groups excluding carboxylic acids is 2. The molecule has 0 fully saturated rings. The summed E-state index contributed by atoms with van der Waals surface area (Å²) in [5, 5.41) is 14.9. The van der Waals surface area contributed by atoms with Crippen LogP contribution >= 0.6 is 34.4 Å². The van der Waals surface area contributed by atoms with Gasteiger partial charge in [0.25, 0.3) is 5.91 Å². The molecule has 176 valence electrons. The standard InChI is InChI=1S/C24H28IN3O4S/c1-24(2,3)16-9-5-14(6-10-16)19-18(20(29)15-7-11-17(32-4)12-8-15)21(30)22(31)28(19)23(27-26)33-13-25/h5-7,9-11,19,30H,8,12-13,26H2,1-4H3/b27-23-. The second kappa shape index (κ2) is 10.3. The molecule has 1 aromatic rings. The highest BCUT2D eigenvalue weighted by Crippen LogP contribution is 2.42. The van der Waals surface area contributed by atoms with Gasteiger partial charge < -0.3 is 15.7 Å². The van der Waals surface area contributed by atoms with E-state index in [-0.39, 0.29) is 21.9 Å². The topological polar surface area (TPSA) is 105 Å². The van der Waals surface area contributed by atoms with E-state index in [2.05, 4.69) is 48.5 Å². The van der Waals surface area contributed by atoms with E-state index in [1.54, 1.807) is 19.3 Å². The second-order valence-corrected chi connectivity index (χ2v) is 11.5. The molecule has 0 aromatic heterocycles. The minimum Gasteiger partial charge on any atom is -0.503 e. The quantitative estimate of drug-likeness (QED) is 0.129. The van der Waals surface area contributed by atoms with E-state index in [0.717, 1.165) is 11.3 Å². The number of allylic oxidation sites excluding steroid dienone is 4. The molecule has 2 aliphatic rings. The summed E-state index contributed by atoms with van der Waals surface area (Å²) < 4.78 is 5.84. The molecule has 33 heavy (non-hydrogen) atoms. The van der Waals surface area contributed by atoms with Crippen molar-refractivity contribution in [2.24, 2.45) is 10.9 Å². The van der Waals surface area contributed by atoms with Crippen LogP contribution in [0.1, 0.15) is 50.8 Å². The number of nitrogens with zero attached hydrogens (tertiary/aromatic N) is 2. The van der Waals surface area contributed by atoms with Crippen molar-refractivity contribution in [1.82, 2.24) is 4.90 Å². The van der Waals surface area contributed by atoms with E-state index in [0.29, 0.717) is 27.7 Å². The van der Waals surface area contributed by atoms with Crippen molar-refractivity contribution in [3.05, 3.63) is 70.2 Å². The Morgan fingerprint density at radius 2 is 1.94 bits per heavy atom. The molecule has 1 atom stereocenters. The largest absolute Gasteiger partial charge is 0.503 e. The van der Waals surface area contributed by atoms with Crippen molar-refractivity contribution in [3.63, 3.8) is 0 Å². The Morgan fingerprint density at radius 1 is 1.27 bits per heavy atom. The van der Waals surface area contributed by atoms with Crippen molar-refractivity contribution in [3.8, 4) is 0 Å². The molecule has 0 bridgehead atoms. The predicted octanol–water partition coefficient (Wildman–Crippen LogP) is 4.85. The van der Waals surface area contributed by atoms with Gasteiger partial charge in [-0.05, 0) is 29.0 Å². The lowest BCUT2D eigenvalue weighted by atomic mass is 9.85. The number of aliphatic hydroxyl groups excluding tert-OH is 1. The van der Waals surface area contributed by atoms with Crippen LogP contribution in [-0.4, -0.2) is 37.7 Å². The second-order valence-electron chi connectivity index (χ2n) is 8.74. The van der Waals surface area contributed by atoms with E-state index >= 15 is 0 Å². The van der Waals surface area contributed by atoms with E-state index in [1.165, 1.54) is 16.7 Å². The van der Waals surface area contributed by atoms with Gasteiger partial charge >= 0.3 is 0 Å². The Morgan fingerprint density at radius 3 is 2.42 bits per heavy atom. The minimum absolute atomic E-state index is 0.0410. The van der Waals surface area contributed by atoms with Gasteiger partial charge in [-0.25, -0.2) is 0 Å². The number of halogens is 1. The smallest absolute Gasteiger partial charge is 0.296 e. The fourth-order valence-corrected chi connectivity index (χ4v) is 5.22. The maximum atomic E-state index is 13.6. The minimum atomic E-state index is -0.828. The van der Waals surface area contributed by atoms with Gasteiger partial charge in [-0.3, -0.25) is 14.5 Å². The molecule has 1 amide bonds. The number of carbonyl (C=O) groups is 2. The number of thioether (sulfide) groups is 1. The number of hydrazone groups is 1. The molecule has 1 aromatic carbocycles. The lowest BCUT2D eigenvalue weighted by molar-refractivity contribution is -0.125. The lowest BCUT2D eigenvalue weighted by Gasteiger charge is -2.28. The summed E-state index contributed by atoms with van der Waals surface area (Å²) in [7, 11) is 1.59. The van der Waals surface area contributed by atoms with Crippen molar-refractivity contribution in [2.45, 2.75) is 45.1 Å². The van der Waals surface area contributed by atoms with Crippen LogP contribution in [0.25, 0.3) is 0 Å². The Bertz CT molecular complexity index is 1070. The molecule has 3 rings (SSSR count). The number of alkyl halides is 1. The molecule has 9 heteroatoms. The van der Waals surface area contributed by atoms with Gasteiger partial charge in [-0.2, -0.15) is 5.10 Å². The SMILES string of the molecule is COC1=CC=C(C(=O)C2=C(O)C(=O)N(/C(=N/N)SCI)C2c2ccc(C(C)(C)C)cc2)CC1. The summed E-state index contributed by atoms with van der Waals surface area (Å²) in [6.45, 7) is 6.34. The Labute approximate surface area is 212 Å². The Kier molecular flexibility index (Phi) is 7.94. The molecule has 0 saturated heterocycles. The van der Waals surface area contributed by atoms with Crippen LogP contribution in [0.5, 0.6) is 0 Å². The summed E-state index contributed by atoms with van der Waals surface area (Å²) in [6, 6.07) is 6.91. The third kappa shape index (κ3) is 5.13. The molecule has 1 aliphatic heterocycles. The average molecular weight is 581 g/mol. The number of rotatable bonds is 5. The number of ketones is 1. The van der Waals surface area contributed by atoms with Gasteiger partial charge in [-0.1, -0.05) is 85.5 Å². The highest BCUT2D eigenvalue weighted by molar-refractivity contribution is 14.1. The third-order valence-electron chi connectivity index (χ3n) is 5.71. The summed E-state index contributed by atoms with van der Waals surface area (Å²) >= 11 is 3.40. The van der Waals surface area contributed by atoms with E-state index < -0.39 is 17.7 Å². The maximum absolute atomic E-state index is 13.6.